The summed E-state index contributed by atoms with van der Waals surface area (Å²) in [6.45, 7) is 0.454. The van der Waals surface area contributed by atoms with E-state index in [1.807, 2.05) is 83.4 Å². The molecule has 26 heavy (non-hydrogen) atoms. The molecule has 0 fully saturated rings. The number of benzene rings is 2. The van der Waals surface area contributed by atoms with Gasteiger partial charge in [0, 0.05) is 17.3 Å². The van der Waals surface area contributed by atoms with Gasteiger partial charge in [-0.15, -0.1) is 0 Å². The van der Waals surface area contributed by atoms with Crippen molar-refractivity contribution in [1.29, 1.82) is 0 Å². The summed E-state index contributed by atoms with van der Waals surface area (Å²) in [5, 5.41) is 0.519. The van der Waals surface area contributed by atoms with Gasteiger partial charge in [-0.25, -0.2) is 0 Å². The number of ether oxygens (including phenoxy) is 1. The molecule has 128 valence electrons. The normalized spacial score (nSPS) is 10.8. The quantitative estimate of drug-likeness (QED) is 0.430. The predicted molar refractivity (Wildman–Crippen MR) is 104 cm³/mol. The molecule has 4 heteroatoms. The minimum Gasteiger partial charge on any atom is -0.487 e. The molecule has 0 N–H and O–H groups in total. The molecule has 2 aromatic carbocycles. The molecule has 0 unspecified atom stereocenters. The van der Waals surface area contributed by atoms with Gasteiger partial charge < -0.3 is 9.14 Å². The van der Waals surface area contributed by atoms with Gasteiger partial charge in [-0.2, -0.15) is 0 Å². The van der Waals surface area contributed by atoms with Crippen LogP contribution in [0.1, 0.15) is 16.1 Å². The summed E-state index contributed by atoms with van der Waals surface area (Å²) >= 11 is 6.42. The Kier molecular flexibility index (Phi) is 4.46. The predicted octanol–water partition coefficient (Wildman–Crippen LogP) is 5.65. The molecule has 0 saturated carbocycles. The Morgan fingerprint density at radius 2 is 1.77 bits per heavy atom. The second kappa shape index (κ2) is 7.06. The monoisotopic (exact) mass is 361 g/mol. The molecule has 0 amide bonds. The van der Waals surface area contributed by atoms with Crippen LogP contribution in [0.2, 0.25) is 5.02 Å². The van der Waals surface area contributed by atoms with E-state index in [9.17, 15) is 4.79 Å². The number of aldehydes is 1. The van der Waals surface area contributed by atoms with Gasteiger partial charge in [0.25, 0.3) is 0 Å². The van der Waals surface area contributed by atoms with E-state index >= 15 is 0 Å². The summed E-state index contributed by atoms with van der Waals surface area (Å²) < 4.78 is 7.69. The molecule has 0 radical (unpaired) electrons. The maximum atomic E-state index is 11.6. The van der Waals surface area contributed by atoms with Crippen molar-refractivity contribution in [2.75, 3.05) is 0 Å². The molecule has 0 bridgehead atoms. The van der Waals surface area contributed by atoms with Crippen LogP contribution >= 0.6 is 11.6 Å². The van der Waals surface area contributed by atoms with Gasteiger partial charge in [0.15, 0.2) is 6.29 Å². The molecule has 4 aromatic rings. The standard InChI is InChI=1S/C22H16ClNO2/c23-20-12-17(9-10-22(20)26-15-16-6-2-1-3-7-16)19-13-18-8-4-5-11-24(18)21(19)14-25/h1-14H,15H2. The highest BCUT2D eigenvalue weighted by Gasteiger charge is 2.13. The maximum absolute atomic E-state index is 11.6. The molecule has 2 heterocycles. The smallest absolute Gasteiger partial charge is 0.167 e. The van der Waals surface area contributed by atoms with Crippen molar-refractivity contribution in [3.63, 3.8) is 0 Å². The number of halogens is 1. The van der Waals surface area contributed by atoms with E-state index in [1.54, 1.807) is 0 Å². The van der Waals surface area contributed by atoms with E-state index in [0.717, 1.165) is 28.5 Å². The first-order valence-electron chi connectivity index (χ1n) is 8.28. The Balaban J connectivity index is 1.65. The van der Waals surface area contributed by atoms with Crippen molar-refractivity contribution < 1.29 is 9.53 Å². The van der Waals surface area contributed by atoms with Gasteiger partial charge >= 0.3 is 0 Å². The number of pyridine rings is 1. The number of carbonyl (C=O) groups is 1. The molecule has 0 aliphatic carbocycles. The van der Waals surface area contributed by atoms with Crippen molar-refractivity contribution in [1.82, 2.24) is 4.40 Å². The summed E-state index contributed by atoms with van der Waals surface area (Å²) in [6, 6.07) is 23.3. The van der Waals surface area contributed by atoms with E-state index in [1.165, 1.54) is 0 Å². The molecule has 0 aliphatic heterocycles. The first-order chi connectivity index (χ1) is 12.8. The lowest BCUT2D eigenvalue weighted by Crippen LogP contribution is -1.96. The summed E-state index contributed by atoms with van der Waals surface area (Å²) in [7, 11) is 0. The molecule has 0 aliphatic rings. The van der Waals surface area contributed by atoms with Crippen LogP contribution in [-0.2, 0) is 6.61 Å². The Hall–Kier alpha value is -3.04. The zero-order valence-electron chi connectivity index (χ0n) is 13.9. The number of aromatic nitrogens is 1. The Bertz CT molecular complexity index is 1070. The van der Waals surface area contributed by atoms with Crippen molar-refractivity contribution in [3.8, 4) is 16.9 Å². The first kappa shape index (κ1) is 16.4. The topological polar surface area (TPSA) is 30.7 Å². The number of fused-ring (bicyclic) bond motifs is 1. The lowest BCUT2D eigenvalue weighted by atomic mass is 10.1. The largest absolute Gasteiger partial charge is 0.487 e. The first-order valence-corrected chi connectivity index (χ1v) is 8.66. The molecular weight excluding hydrogens is 346 g/mol. The highest BCUT2D eigenvalue weighted by molar-refractivity contribution is 6.32. The average molecular weight is 362 g/mol. The zero-order valence-corrected chi connectivity index (χ0v) is 14.7. The zero-order chi connectivity index (χ0) is 17.9. The minimum atomic E-state index is 0.454. The Morgan fingerprint density at radius 1 is 0.962 bits per heavy atom. The molecule has 2 aromatic heterocycles. The second-order valence-electron chi connectivity index (χ2n) is 5.98. The molecule has 0 atom stereocenters. The Morgan fingerprint density at radius 3 is 2.54 bits per heavy atom. The summed E-state index contributed by atoms with van der Waals surface area (Å²) in [4.78, 5) is 11.6. The fourth-order valence-electron chi connectivity index (χ4n) is 3.02. The highest BCUT2D eigenvalue weighted by Crippen LogP contribution is 2.33. The van der Waals surface area contributed by atoms with E-state index < -0.39 is 0 Å². The van der Waals surface area contributed by atoms with Crippen molar-refractivity contribution in [2.45, 2.75) is 6.61 Å². The third-order valence-corrected chi connectivity index (χ3v) is 4.61. The number of rotatable bonds is 5. The molecule has 3 nitrogen and oxygen atoms in total. The van der Waals surface area contributed by atoms with Gasteiger partial charge in [0.05, 0.1) is 10.7 Å². The third-order valence-electron chi connectivity index (χ3n) is 4.31. The number of carbonyl (C=O) groups excluding carboxylic acids is 1. The van der Waals surface area contributed by atoms with Crippen LogP contribution in [-0.4, -0.2) is 10.7 Å². The van der Waals surface area contributed by atoms with E-state index in [-0.39, 0.29) is 0 Å². The van der Waals surface area contributed by atoms with Crippen molar-refractivity contribution in [3.05, 3.63) is 95.3 Å². The van der Waals surface area contributed by atoms with Gasteiger partial charge in [0.2, 0.25) is 0 Å². The Labute approximate surface area is 156 Å². The van der Waals surface area contributed by atoms with Crippen LogP contribution in [0.5, 0.6) is 5.75 Å². The lowest BCUT2D eigenvalue weighted by Gasteiger charge is -2.10. The van der Waals surface area contributed by atoms with Crippen LogP contribution in [0.4, 0.5) is 0 Å². The van der Waals surface area contributed by atoms with Crippen LogP contribution in [0, 0.1) is 0 Å². The summed E-state index contributed by atoms with van der Waals surface area (Å²) in [6.07, 6.45) is 2.75. The van der Waals surface area contributed by atoms with Crippen LogP contribution in [0.15, 0.2) is 79.0 Å². The van der Waals surface area contributed by atoms with Gasteiger partial charge in [-0.05, 0) is 41.5 Å². The number of hydrogen-bond donors (Lipinski definition) is 0. The van der Waals surface area contributed by atoms with Gasteiger partial charge in [-0.3, -0.25) is 4.79 Å². The molecule has 0 saturated heterocycles. The SMILES string of the molecule is O=Cc1c(-c2ccc(OCc3ccccc3)c(Cl)c2)cc2ccccn12. The minimum absolute atomic E-state index is 0.454. The second-order valence-corrected chi connectivity index (χ2v) is 6.38. The van der Waals surface area contributed by atoms with Crippen molar-refractivity contribution in [2.24, 2.45) is 0 Å². The highest BCUT2D eigenvalue weighted by atomic mass is 35.5. The van der Waals surface area contributed by atoms with Gasteiger partial charge in [-0.1, -0.05) is 54.1 Å². The van der Waals surface area contributed by atoms with Crippen molar-refractivity contribution >= 4 is 23.4 Å². The molecular formula is C22H16ClNO2. The van der Waals surface area contributed by atoms with Crippen LogP contribution < -0.4 is 4.74 Å². The van der Waals surface area contributed by atoms with E-state index in [0.29, 0.717) is 23.1 Å². The number of hydrogen-bond acceptors (Lipinski definition) is 2. The third kappa shape index (κ3) is 3.09. The fraction of sp³-hybridized carbons (Fsp3) is 0.0455. The van der Waals surface area contributed by atoms with Gasteiger partial charge in [0.1, 0.15) is 12.4 Å². The summed E-state index contributed by atoms with van der Waals surface area (Å²) in [5.41, 5.74) is 4.38. The lowest BCUT2D eigenvalue weighted by molar-refractivity contribution is 0.111. The van der Waals surface area contributed by atoms with Crippen LogP contribution in [0.3, 0.4) is 0 Å². The summed E-state index contributed by atoms with van der Waals surface area (Å²) in [5.74, 6) is 0.621. The van der Waals surface area contributed by atoms with Crippen LogP contribution in [0.25, 0.3) is 16.6 Å². The molecule has 4 rings (SSSR count). The maximum Gasteiger partial charge on any atom is 0.167 e. The number of nitrogens with zero attached hydrogens (tertiary/aromatic N) is 1. The van der Waals surface area contributed by atoms with E-state index in [4.69, 9.17) is 16.3 Å². The molecule has 0 spiro atoms. The average Bonchev–Trinajstić information content (AvgIpc) is 3.06. The van der Waals surface area contributed by atoms with E-state index in [2.05, 4.69) is 0 Å². The fourth-order valence-corrected chi connectivity index (χ4v) is 3.25.